The third kappa shape index (κ3) is 3.44. The van der Waals surface area contributed by atoms with Crippen molar-refractivity contribution in [2.45, 2.75) is 19.8 Å². The molecule has 2 heteroatoms. The highest BCUT2D eigenvalue weighted by atomic mass is 16.4. The Hall–Kier alpha value is -1.57. The van der Waals surface area contributed by atoms with Crippen molar-refractivity contribution in [2.75, 3.05) is 0 Å². The summed E-state index contributed by atoms with van der Waals surface area (Å²) < 4.78 is 0. The molecule has 0 amide bonds. The van der Waals surface area contributed by atoms with E-state index in [2.05, 4.69) is 12.1 Å². The zero-order valence-corrected chi connectivity index (χ0v) is 8.35. The highest BCUT2D eigenvalue weighted by Crippen LogP contribution is 2.02. The van der Waals surface area contributed by atoms with Crippen LogP contribution in [0.1, 0.15) is 25.3 Å². The van der Waals surface area contributed by atoms with Gasteiger partial charge in [0.25, 0.3) is 0 Å². The SMILES string of the molecule is CCCC(/C=C/c1ccccc1)=N\O. The molecule has 1 aromatic rings. The second-order valence-corrected chi connectivity index (χ2v) is 3.09. The Morgan fingerprint density at radius 3 is 2.64 bits per heavy atom. The molecule has 0 radical (unpaired) electrons. The second-order valence-electron chi connectivity index (χ2n) is 3.09. The molecule has 2 nitrogen and oxygen atoms in total. The van der Waals surface area contributed by atoms with Crippen LogP contribution in [0.4, 0.5) is 0 Å². The third-order valence-electron chi connectivity index (χ3n) is 1.90. The van der Waals surface area contributed by atoms with Crippen molar-refractivity contribution in [3.63, 3.8) is 0 Å². The highest BCUT2D eigenvalue weighted by molar-refractivity contribution is 5.97. The van der Waals surface area contributed by atoms with Crippen molar-refractivity contribution in [1.82, 2.24) is 0 Å². The van der Waals surface area contributed by atoms with E-state index in [0.717, 1.165) is 24.1 Å². The summed E-state index contributed by atoms with van der Waals surface area (Å²) in [5.41, 5.74) is 1.83. The normalized spacial score (nSPS) is 12.2. The van der Waals surface area contributed by atoms with E-state index in [4.69, 9.17) is 5.21 Å². The van der Waals surface area contributed by atoms with Crippen LogP contribution in [-0.4, -0.2) is 10.9 Å². The van der Waals surface area contributed by atoms with Crippen LogP contribution in [-0.2, 0) is 0 Å². The number of allylic oxidation sites excluding steroid dienone is 1. The Morgan fingerprint density at radius 1 is 1.36 bits per heavy atom. The van der Waals surface area contributed by atoms with Gasteiger partial charge in [0.1, 0.15) is 0 Å². The van der Waals surface area contributed by atoms with Crippen LogP contribution < -0.4 is 0 Å². The maximum Gasteiger partial charge on any atom is 0.0795 e. The van der Waals surface area contributed by atoms with Gasteiger partial charge < -0.3 is 5.21 Å². The molecule has 0 aromatic heterocycles. The Bertz CT molecular complexity index is 314. The van der Waals surface area contributed by atoms with Crippen molar-refractivity contribution in [1.29, 1.82) is 0 Å². The number of oxime groups is 1. The molecule has 0 heterocycles. The molecule has 1 N–H and O–H groups in total. The number of hydrogen-bond acceptors (Lipinski definition) is 2. The minimum absolute atomic E-state index is 0.719. The lowest BCUT2D eigenvalue weighted by Crippen LogP contribution is -1.91. The van der Waals surface area contributed by atoms with E-state index < -0.39 is 0 Å². The number of nitrogens with zero attached hydrogens (tertiary/aromatic N) is 1. The Morgan fingerprint density at radius 2 is 2.07 bits per heavy atom. The van der Waals surface area contributed by atoms with Crippen molar-refractivity contribution in [2.24, 2.45) is 5.16 Å². The number of hydrogen-bond donors (Lipinski definition) is 1. The molecule has 0 atom stereocenters. The summed E-state index contributed by atoms with van der Waals surface area (Å²) in [6.45, 7) is 2.06. The van der Waals surface area contributed by atoms with Gasteiger partial charge in [-0.05, 0) is 18.1 Å². The summed E-state index contributed by atoms with van der Waals surface area (Å²) in [7, 11) is 0. The van der Waals surface area contributed by atoms with Crippen LogP contribution in [0.25, 0.3) is 6.08 Å². The predicted octanol–water partition coefficient (Wildman–Crippen LogP) is 3.33. The van der Waals surface area contributed by atoms with Gasteiger partial charge in [-0.25, -0.2) is 0 Å². The zero-order chi connectivity index (χ0) is 10.2. The molecule has 0 saturated heterocycles. The smallest absolute Gasteiger partial charge is 0.0795 e. The fraction of sp³-hybridized carbons (Fsp3) is 0.250. The van der Waals surface area contributed by atoms with E-state index >= 15 is 0 Å². The van der Waals surface area contributed by atoms with Gasteiger partial charge >= 0.3 is 0 Å². The second kappa shape index (κ2) is 5.97. The largest absolute Gasteiger partial charge is 0.411 e. The summed E-state index contributed by atoms with van der Waals surface area (Å²) in [4.78, 5) is 0. The van der Waals surface area contributed by atoms with Crippen LogP contribution in [0.2, 0.25) is 0 Å². The third-order valence-corrected chi connectivity index (χ3v) is 1.90. The summed E-state index contributed by atoms with van der Waals surface area (Å²) >= 11 is 0. The quantitative estimate of drug-likeness (QED) is 0.440. The van der Waals surface area contributed by atoms with Gasteiger partial charge in [0.05, 0.1) is 5.71 Å². The predicted molar refractivity (Wildman–Crippen MR) is 59.6 cm³/mol. The molecule has 1 aromatic carbocycles. The van der Waals surface area contributed by atoms with E-state index in [9.17, 15) is 0 Å². The van der Waals surface area contributed by atoms with E-state index in [0.29, 0.717) is 0 Å². The van der Waals surface area contributed by atoms with Gasteiger partial charge in [0, 0.05) is 0 Å². The first kappa shape index (κ1) is 10.5. The summed E-state index contributed by atoms with van der Waals surface area (Å²) in [5, 5.41) is 11.9. The standard InChI is InChI=1S/C12H15NO/c1-2-6-12(13-14)10-9-11-7-4-3-5-8-11/h3-5,7-10,14H,2,6H2,1H3/b10-9+,13-12+. The monoisotopic (exact) mass is 189 g/mol. The Balaban J connectivity index is 2.63. The molecular weight excluding hydrogens is 174 g/mol. The summed E-state index contributed by atoms with van der Waals surface area (Å²) in [6, 6.07) is 9.96. The van der Waals surface area contributed by atoms with Crippen LogP contribution >= 0.6 is 0 Å². The molecule has 0 fully saturated rings. The molecule has 0 aliphatic heterocycles. The van der Waals surface area contributed by atoms with E-state index in [1.165, 1.54) is 0 Å². The molecule has 14 heavy (non-hydrogen) atoms. The molecule has 0 bridgehead atoms. The molecule has 74 valence electrons. The van der Waals surface area contributed by atoms with Crippen LogP contribution in [0, 0.1) is 0 Å². The molecule has 0 spiro atoms. The summed E-state index contributed by atoms with van der Waals surface area (Å²) in [5.74, 6) is 0. The Kier molecular flexibility index (Phi) is 4.48. The first-order valence-electron chi connectivity index (χ1n) is 4.81. The lowest BCUT2D eigenvalue weighted by atomic mass is 10.1. The minimum Gasteiger partial charge on any atom is -0.411 e. The minimum atomic E-state index is 0.719. The maximum atomic E-state index is 8.67. The van der Waals surface area contributed by atoms with Crippen molar-refractivity contribution in [3.05, 3.63) is 42.0 Å². The molecule has 1 rings (SSSR count). The average molecular weight is 189 g/mol. The fourth-order valence-electron chi connectivity index (χ4n) is 1.18. The van der Waals surface area contributed by atoms with Gasteiger partial charge in [-0.3, -0.25) is 0 Å². The van der Waals surface area contributed by atoms with Crippen molar-refractivity contribution in [3.8, 4) is 0 Å². The van der Waals surface area contributed by atoms with Gasteiger partial charge in [0.15, 0.2) is 0 Å². The zero-order valence-electron chi connectivity index (χ0n) is 8.35. The van der Waals surface area contributed by atoms with Crippen LogP contribution in [0.3, 0.4) is 0 Å². The van der Waals surface area contributed by atoms with E-state index in [1.807, 2.05) is 42.5 Å². The highest BCUT2D eigenvalue weighted by Gasteiger charge is 1.92. The maximum absolute atomic E-state index is 8.67. The van der Waals surface area contributed by atoms with Crippen LogP contribution in [0.5, 0.6) is 0 Å². The van der Waals surface area contributed by atoms with Gasteiger partial charge in [-0.1, -0.05) is 54.9 Å². The first-order chi connectivity index (χ1) is 6.86. The number of benzene rings is 1. The lowest BCUT2D eigenvalue weighted by molar-refractivity contribution is 0.318. The van der Waals surface area contributed by atoms with E-state index in [-0.39, 0.29) is 0 Å². The topological polar surface area (TPSA) is 32.6 Å². The van der Waals surface area contributed by atoms with Gasteiger partial charge in [-0.15, -0.1) is 0 Å². The van der Waals surface area contributed by atoms with Crippen molar-refractivity contribution < 1.29 is 5.21 Å². The van der Waals surface area contributed by atoms with Gasteiger partial charge in [-0.2, -0.15) is 0 Å². The van der Waals surface area contributed by atoms with Crippen molar-refractivity contribution >= 4 is 11.8 Å². The van der Waals surface area contributed by atoms with E-state index in [1.54, 1.807) is 0 Å². The molecular formula is C12H15NO. The Labute approximate surface area is 84.6 Å². The van der Waals surface area contributed by atoms with Crippen LogP contribution in [0.15, 0.2) is 41.6 Å². The lowest BCUT2D eigenvalue weighted by Gasteiger charge is -1.94. The first-order valence-corrected chi connectivity index (χ1v) is 4.81. The molecule has 0 aliphatic rings. The summed E-state index contributed by atoms with van der Waals surface area (Å²) in [6.07, 6.45) is 5.59. The average Bonchev–Trinajstić information content (AvgIpc) is 2.25. The molecule has 0 unspecified atom stereocenters. The van der Waals surface area contributed by atoms with Gasteiger partial charge in [0.2, 0.25) is 0 Å². The molecule has 0 aliphatic carbocycles. The fourth-order valence-corrected chi connectivity index (χ4v) is 1.18. The molecule has 0 saturated carbocycles. The number of rotatable bonds is 4.